The van der Waals surface area contributed by atoms with Crippen LogP contribution in [0.3, 0.4) is 0 Å². The fourth-order valence-corrected chi connectivity index (χ4v) is 4.69. The summed E-state index contributed by atoms with van der Waals surface area (Å²) < 4.78 is 0. The van der Waals surface area contributed by atoms with Gasteiger partial charge in [0.15, 0.2) is 0 Å². The number of carbonyl (C=O) groups is 1. The fourth-order valence-electron chi connectivity index (χ4n) is 3.95. The number of rotatable bonds is 4. The van der Waals surface area contributed by atoms with Gasteiger partial charge in [0.1, 0.15) is 5.69 Å². The molecule has 6 heteroatoms. The Morgan fingerprint density at radius 2 is 2.21 bits per heavy atom. The first-order valence-electron chi connectivity index (χ1n) is 8.57. The standard InChI is InChI=1S/C18H22N4OS/c23-17(15-12-19-7-8-20-15)21-16-3-4-18(16)5-9-22(10-6-18)13-14-2-1-11-24-14/h1-2,7-8,11-12,16H,3-6,9-10,13H2,(H,21,23)/t16-/m1/s1. The Balaban J connectivity index is 1.33. The molecule has 1 N–H and O–H groups in total. The lowest BCUT2D eigenvalue weighted by molar-refractivity contribution is -0.00695. The number of piperidine rings is 1. The van der Waals surface area contributed by atoms with Crippen molar-refractivity contribution in [3.05, 3.63) is 46.7 Å². The zero-order chi connectivity index (χ0) is 16.4. The molecule has 0 radical (unpaired) electrons. The predicted molar refractivity (Wildman–Crippen MR) is 93.8 cm³/mol. The molecular formula is C18H22N4OS. The number of nitrogens with one attached hydrogen (secondary N) is 1. The van der Waals surface area contributed by atoms with Gasteiger partial charge in [0.05, 0.1) is 6.20 Å². The summed E-state index contributed by atoms with van der Waals surface area (Å²) in [6.07, 6.45) is 9.33. The number of hydrogen-bond acceptors (Lipinski definition) is 5. The summed E-state index contributed by atoms with van der Waals surface area (Å²) in [6.45, 7) is 3.30. The second kappa shape index (κ2) is 6.61. The normalized spacial score (nSPS) is 22.9. The van der Waals surface area contributed by atoms with Gasteiger partial charge in [0.25, 0.3) is 5.91 Å². The molecule has 3 heterocycles. The Morgan fingerprint density at radius 1 is 1.33 bits per heavy atom. The van der Waals surface area contributed by atoms with E-state index in [1.165, 1.54) is 30.3 Å². The summed E-state index contributed by atoms with van der Waals surface area (Å²) in [7, 11) is 0. The Morgan fingerprint density at radius 3 is 2.83 bits per heavy atom. The van der Waals surface area contributed by atoms with Gasteiger partial charge in [-0.1, -0.05) is 6.07 Å². The lowest BCUT2D eigenvalue weighted by Gasteiger charge is -2.54. The summed E-state index contributed by atoms with van der Waals surface area (Å²) in [5.41, 5.74) is 0.707. The van der Waals surface area contributed by atoms with Gasteiger partial charge in [-0.2, -0.15) is 0 Å². The van der Waals surface area contributed by atoms with Crippen molar-refractivity contribution in [2.24, 2.45) is 5.41 Å². The molecule has 0 aromatic carbocycles. The second-order valence-electron chi connectivity index (χ2n) is 6.87. The first kappa shape index (κ1) is 15.7. The third-order valence-corrected chi connectivity index (χ3v) is 6.44. The van der Waals surface area contributed by atoms with Gasteiger partial charge >= 0.3 is 0 Å². The lowest BCUT2D eigenvalue weighted by Crippen LogP contribution is -2.59. The molecule has 1 spiro atoms. The van der Waals surface area contributed by atoms with E-state index in [1.54, 1.807) is 12.4 Å². The van der Waals surface area contributed by atoms with Gasteiger partial charge in [-0.05, 0) is 55.6 Å². The first-order valence-corrected chi connectivity index (χ1v) is 9.45. The molecule has 126 valence electrons. The monoisotopic (exact) mass is 342 g/mol. The number of thiophene rings is 1. The van der Waals surface area contributed by atoms with Crippen LogP contribution in [0.4, 0.5) is 0 Å². The summed E-state index contributed by atoms with van der Waals surface area (Å²) >= 11 is 1.83. The maximum atomic E-state index is 12.3. The molecule has 2 aliphatic rings. The average Bonchev–Trinajstić information content (AvgIpc) is 3.13. The van der Waals surface area contributed by atoms with Crippen LogP contribution >= 0.6 is 11.3 Å². The largest absolute Gasteiger partial charge is 0.347 e. The van der Waals surface area contributed by atoms with Crippen LogP contribution in [0.25, 0.3) is 0 Å². The number of likely N-dealkylation sites (tertiary alicyclic amines) is 1. The molecule has 1 saturated heterocycles. The Bertz CT molecular complexity index is 680. The molecule has 1 amide bonds. The minimum absolute atomic E-state index is 0.0896. The quantitative estimate of drug-likeness (QED) is 0.928. The van der Waals surface area contributed by atoms with Crippen molar-refractivity contribution in [3.8, 4) is 0 Å². The zero-order valence-electron chi connectivity index (χ0n) is 13.6. The molecule has 24 heavy (non-hydrogen) atoms. The molecule has 2 aromatic rings. The van der Waals surface area contributed by atoms with E-state index < -0.39 is 0 Å². The van der Waals surface area contributed by atoms with E-state index in [0.29, 0.717) is 11.1 Å². The van der Waals surface area contributed by atoms with Crippen molar-refractivity contribution in [3.63, 3.8) is 0 Å². The smallest absolute Gasteiger partial charge is 0.271 e. The number of hydrogen-bond donors (Lipinski definition) is 1. The maximum absolute atomic E-state index is 12.3. The highest BCUT2D eigenvalue weighted by atomic mass is 32.1. The summed E-state index contributed by atoms with van der Waals surface area (Å²) in [5.74, 6) is -0.0896. The Labute approximate surface area is 146 Å². The molecule has 1 saturated carbocycles. The highest BCUT2D eigenvalue weighted by Gasteiger charge is 2.48. The number of carbonyl (C=O) groups excluding carboxylic acids is 1. The molecule has 4 rings (SSSR count). The third kappa shape index (κ3) is 3.08. The summed E-state index contributed by atoms with van der Waals surface area (Å²) in [4.78, 5) is 24.4. The van der Waals surface area contributed by atoms with Crippen LogP contribution in [0.2, 0.25) is 0 Å². The van der Waals surface area contributed by atoms with Crippen LogP contribution in [0, 0.1) is 5.41 Å². The van der Waals surface area contributed by atoms with Crippen LogP contribution in [0.15, 0.2) is 36.1 Å². The van der Waals surface area contributed by atoms with E-state index in [4.69, 9.17) is 0 Å². The van der Waals surface area contributed by atoms with E-state index in [0.717, 1.165) is 26.1 Å². The van der Waals surface area contributed by atoms with E-state index in [-0.39, 0.29) is 11.9 Å². The van der Waals surface area contributed by atoms with E-state index in [1.807, 2.05) is 11.3 Å². The van der Waals surface area contributed by atoms with Crippen molar-refractivity contribution >= 4 is 17.2 Å². The van der Waals surface area contributed by atoms with Crippen molar-refractivity contribution < 1.29 is 4.79 Å². The van der Waals surface area contributed by atoms with Crippen molar-refractivity contribution in [2.75, 3.05) is 13.1 Å². The third-order valence-electron chi connectivity index (χ3n) is 5.58. The van der Waals surface area contributed by atoms with Gasteiger partial charge in [-0.25, -0.2) is 4.98 Å². The fraction of sp³-hybridized carbons (Fsp3) is 0.500. The molecule has 1 aliphatic carbocycles. The van der Waals surface area contributed by atoms with Crippen LogP contribution in [-0.4, -0.2) is 39.9 Å². The maximum Gasteiger partial charge on any atom is 0.271 e. The van der Waals surface area contributed by atoms with Gasteiger partial charge in [0, 0.05) is 29.9 Å². The van der Waals surface area contributed by atoms with Gasteiger partial charge in [-0.15, -0.1) is 11.3 Å². The second-order valence-corrected chi connectivity index (χ2v) is 7.91. The van der Waals surface area contributed by atoms with Crippen LogP contribution in [-0.2, 0) is 6.54 Å². The van der Waals surface area contributed by atoms with Crippen LogP contribution in [0.1, 0.15) is 41.0 Å². The molecule has 1 atom stereocenters. The highest BCUT2D eigenvalue weighted by Crippen LogP contribution is 2.49. The summed E-state index contributed by atoms with van der Waals surface area (Å²) in [6, 6.07) is 4.62. The van der Waals surface area contributed by atoms with Crippen molar-refractivity contribution in [2.45, 2.75) is 38.3 Å². The van der Waals surface area contributed by atoms with Gasteiger partial charge in [-0.3, -0.25) is 14.7 Å². The summed E-state index contributed by atoms with van der Waals surface area (Å²) in [5, 5.41) is 5.34. The van der Waals surface area contributed by atoms with Crippen molar-refractivity contribution in [1.29, 1.82) is 0 Å². The molecular weight excluding hydrogens is 320 g/mol. The van der Waals surface area contributed by atoms with Crippen LogP contribution < -0.4 is 5.32 Å². The molecule has 2 aromatic heterocycles. The molecule has 2 fully saturated rings. The molecule has 0 bridgehead atoms. The van der Waals surface area contributed by atoms with Gasteiger partial charge < -0.3 is 5.32 Å². The van der Waals surface area contributed by atoms with E-state index >= 15 is 0 Å². The minimum atomic E-state index is -0.0896. The first-order chi connectivity index (χ1) is 11.8. The Hall–Kier alpha value is -1.79. The Kier molecular flexibility index (Phi) is 4.33. The van der Waals surface area contributed by atoms with E-state index in [9.17, 15) is 4.79 Å². The van der Waals surface area contributed by atoms with Gasteiger partial charge in [0.2, 0.25) is 0 Å². The highest BCUT2D eigenvalue weighted by molar-refractivity contribution is 7.09. The minimum Gasteiger partial charge on any atom is -0.347 e. The number of amides is 1. The van der Waals surface area contributed by atoms with E-state index in [2.05, 4.69) is 37.7 Å². The predicted octanol–water partition coefficient (Wildman–Crippen LogP) is 2.71. The van der Waals surface area contributed by atoms with Crippen LogP contribution in [0.5, 0.6) is 0 Å². The topological polar surface area (TPSA) is 58.1 Å². The number of aromatic nitrogens is 2. The SMILES string of the molecule is O=C(N[C@@H]1CCC12CCN(Cc1cccs1)CC2)c1cnccn1. The zero-order valence-corrected chi connectivity index (χ0v) is 14.5. The molecule has 0 unspecified atom stereocenters. The molecule has 1 aliphatic heterocycles. The average molecular weight is 342 g/mol. The molecule has 5 nitrogen and oxygen atoms in total. The lowest BCUT2D eigenvalue weighted by atomic mass is 9.59. The van der Waals surface area contributed by atoms with Crippen molar-refractivity contribution in [1.82, 2.24) is 20.2 Å². The number of nitrogens with zero attached hydrogens (tertiary/aromatic N) is 3.